The van der Waals surface area contributed by atoms with Gasteiger partial charge in [-0.2, -0.15) is 0 Å². The van der Waals surface area contributed by atoms with Crippen LogP contribution in [-0.4, -0.2) is 67.5 Å². The smallest absolute Gasteiger partial charge is 0.242 e. The normalized spacial score (nSPS) is 15.0. The number of piperazine rings is 1. The third-order valence-electron chi connectivity index (χ3n) is 4.89. The van der Waals surface area contributed by atoms with Crippen LogP contribution in [0.25, 0.3) is 6.08 Å². The Morgan fingerprint density at radius 2 is 1.87 bits per heavy atom. The summed E-state index contributed by atoms with van der Waals surface area (Å²) in [6, 6.07) is 14.0. The van der Waals surface area contributed by atoms with Gasteiger partial charge in [-0.05, 0) is 24.6 Å². The monoisotopic (exact) mass is 537 g/mol. The molecule has 0 aliphatic carbocycles. The van der Waals surface area contributed by atoms with Crippen LogP contribution in [0.4, 0.5) is 0 Å². The van der Waals surface area contributed by atoms with Crippen LogP contribution in [-0.2, 0) is 11.3 Å². The molecule has 0 atom stereocenters. The fourth-order valence-corrected chi connectivity index (χ4v) is 3.27. The maximum absolute atomic E-state index is 12.1. The predicted molar refractivity (Wildman–Crippen MR) is 135 cm³/mol. The number of carbonyl (C=O) groups excluding carboxylic acids is 1. The van der Waals surface area contributed by atoms with Crippen LogP contribution in [0, 0.1) is 0 Å². The molecule has 0 bridgehead atoms. The van der Waals surface area contributed by atoms with Crippen LogP contribution in [0.1, 0.15) is 18.2 Å². The molecule has 0 radical (unpaired) electrons. The van der Waals surface area contributed by atoms with E-state index in [2.05, 4.69) is 61.8 Å². The van der Waals surface area contributed by atoms with Gasteiger partial charge >= 0.3 is 0 Å². The Morgan fingerprint density at radius 1 is 1.10 bits per heavy atom. The molecule has 0 spiro atoms. The highest BCUT2D eigenvalue weighted by molar-refractivity contribution is 14.0. The average Bonchev–Trinajstić information content (AvgIpc) is 3.30. The molecule has 1 fully saturated rings. The van der Waals surface area contributed by atoms with Gasteiger partial charge in [-0.1, -0.05) is 42.5 Å². The van der Waals surface area contributed by atoms with Crippen molar-refractivity contribution in [3.05, 3.63) is 66.1 Å². The lowest BCUT2D eigenvalue weighted by molar-refractivity contribution is -0.119. The first kappa shape index (κ1) is 24.9. The Hall–Kier alpha value is -2.33. The van der Waals surface area contributed by atoms with Crippen molar-refractivity contribution in [2.24, 2.45) is 4.99 Å². The molecule has 1 aliphatic rings. The molecule has 8 heteroatoms. The number of nitrogens with one attached hydrogen (secondary N) is 2. The van der Waals surface area contributed by atoms with Crippen LogP contribution in [0.15, 0.2) is 64.2 Å². The van der Waals surface area contributed by atoms with Crippen molar-refractivity contribution in [1.82, 2.24) is 20.4 Å². The van der Waals surface area contributed by atoms with E-state index in [-0.39, 0.29) is 36.4 Å². The lowest BCUT2D eigenvalue weighted by Crippen LogP contribution is -2.52. The van der Waals surface area contributed by atoms with Crippen molar-refractivity contribution in [2.75, 3.05) is 45.8 Å². The fraction of sp³-hybridized carbons (Fsp3) is 0.391. The maximum Gasteiger partial charge on any atom is 0.242 e. The zero-order valence-corrected chi connectivity index (χ0v) is 20.3. The van der Waals surface area contributed by atoms with Crippen LogP contribution >= 0.6 is 24.0 Å². The number of amides is 1. The van der Waals surface area contributed by atoms with Gasteiger partial charge in [-0.25, -0.2) is 4.99 Å². The van der Waals surface area contributed by atoms with Gasteiger partial charge in [0.15, 0.2) is 5.96 Å². The van der Waals surface area contributed by atoms with Gasteiger partial charge in [0.05, 0.1) is 12.8 Å². The van der Waals surface area contributed by atoms with Gasteiger partial charge in [0, 0.05) is 39.3 Å². The highest BCUT2D eigenvalue weighted by atomic mass is 127. The van der Waals surface area contributed by atoms with Crippen molar-refractivity contribution < 1.29 is 9.21 Å². The van der Waals surface area contributed by atoms with Crippen LogP contribution in [0.2, 0.25) is 0 Å². The number of carbonyl (C=O) groups is 1. The molecule has 2 aromatic rings. The Kier molecular flexibility index (Phi) is 11.2. The first-order valence-corrected chi connectivity index (χ1v) is 10.5. The minimum absolute atomic E-state index is 0. The van der Waals surface area contributed by atoms with Crippen molar-refractivity contribution >= 4 is 41.9 Å². The van der Waals surface area contributed by atoms with E-state index >= 15 is 0 Å². The van der Waals surface area contributed by atoms with Gasteiger partial charge in [-0.15, -0.1) is 24.0 Å². The third kappa shape index (κ3) is 8.74. The number of aliphatic imine (C=N–C) groups is 1. The van der Waals surface area contributed by atoms with Crippen molar-refractivity contribution in [2.45, 2.75) is 13.5 Å². The number of guanidine groups is 1. The van der Waals surface area contributed by atoms with Crippen LogP contribution < -0.4 is 10.6 Å². The summed E-state index contributed by atoms with van der Waals surface area (Å²) in [4.78, 5) is 21.3. The van der Waals surface area contributed by atoms with E-state index in [1.54, 1.807) is 12.3 Å². The Morgan fingerprint density at radius 3 is 2.55 bits per heavy atom. The number of benzene rings is 1. The molecular weight excluding hydrogens is 505 g/mol. The standard InChI is InChI=1S/C23H31N5O2.HI/c1-2-24-23(26-19-22(29)25-18-21-11-7-17-30-21)28-15-13-27(14-16-28)12-6-10-20-8-4-3-5-9-20;/h3-11,17H,2,12-16,18-19H2,1H3,(H,24,26)(H,25,29);1H/b10-6+;. The lowest BCUT2D eigenvalue weighted by Gasteiger charge is -2.36. The molecule has 3 rings (SSSR count). The van der Waals surface area contributed by atoms with Crippen LogP contribution in [0.5, 0.6) is 0 Å². The number of furan rings is 1. The molecule has 1 aromatic heterocycles. The number of nitrogens with zero attached hydrogens (tertiary/aromatic N) is 3. The Balaban J connectivity index is 0.00000341. The predicted octanol–water partition coefficient (Wildman–Crippen LogP) is 2.81. The second-order valence-corrected chi connectivity index (χ2v) is 7.13. The molecule has 1 aromatic carbocycles. The van der Waals surface area contributed by atoms with Gasteiger partial charge in [0.1, 0.15) is 12.3 Å². The summed E-state index contributed by atoms with van der Waals surface area (Å²) in [5, 5.41) is 6.13. The topological polar surface area (TPSA) is 73.1 Å². The van der Waals surface area contributed by atoms with E-state index in [1.807, 2.05) is 19.1 Å². The highest BCUT2D eigenvalue weighted by Crippen LogP contribution is 2.05. The summed E-state index contributed by atoms with van der Waals surface area (Å²) in [5.74, 6) is 1.41. The number of hydrogen-bond acceptors (Lipinski definition) is 4. The number of hydrogen-bond donors (Lipinski definition) is 2. The Labute approximate surface area is 201 Å². The third-order valence-corrected chi connectivity index (χ3v) is 4.89. The summed E-state index contributed by atoms with van der Waals surface area (Å²) in [5.41, 5.74) is 1.23. The fourth-order valence-electron chi connectivity index (χ4n) is 3.27. The minimum atomic E-state index is -0.119. The molecule has 168 valence electrons. The summed E-state index contributed by atoms with van der Waals surface area (Å²) < 4.78 is 5.23. The number of halogens is 1. The van der Waals surface area contributed by atoms with E-state index in [9.17, 15) is 4.79 Å². The summed E-state index contributed by atoms with van der Waals surface area (Å²) >= 11 is 0. The molecule has 1 amide bonds. The van der Waals surface area contributed by atoms with Crippen molar-refractivity contribution in [3.63, 3.8) is 0 Å². The molecule has 2 heterocycles. The SMILES string of the molecule is CCNC(=NCC(=O)NCc1ccco1)N1CCN(C/C=C/c2ccccc2)CC1.I. The maximum atomic E-state index is 12.1. The zero-order valence-electron chi connectivity index (χ0n) is 18.0. The lowest BCUT2D eigenvalue weighted by atomic mass is 10.2. The first-order chi connectivity index (χ1) is 14.7. The zero-order chi connectivity index (χ0) is 21.0. The Bertz CT molecular complexity index is 816. The summed E-state index contributed by atoms with van der Waals surface area (Å²) in [6.07, 6.45) is 5.98. The van der Waals surface area contributed by atoms with E-state index < -0.39 is 0 Å². The van der Waals surface area contributed by atoms with Gasteiger partial charge in [0.25, 0.3) is 0 Å². The molecule has 1 aliphatic heterocycles. The average molecular weight is 537 g/mol. The van der Waals surface area contributed by atoms with E-state index in [4.69, 9.17) is 4.42 Å². The molecule has 0 unspecified atom stereocenters. The van der Waals surface area contributed by atoms with Gasteiger partial charge < -0.3 is 20.0 Å². The highest BCUT2D eigenvalue weighted by Gasteiger charge is 2.19. The number of rotatable bonds is 8. The molecule has 1 saturated heterocycles. The molecule has 31 heavy (non-hydrogen) atoms. The van der Waals surface area contributed by atoms with E-state index in [1.165, 1.54) is 5.56 Å². The first-order valence-electron chi connectivity index (χ1n) is 10.5. The summed E-state index contributed by atoms with van der Waals surface area (Å²) in [6.45, 7) is 7.94. The molecule has 0 saturated carbocycles. The van der Waals surface area contributed by atoms with Gasteiger partial charge in [0.2, 0.25) is 5.91 Å². The van der Waals surface area contributed by atoms with Crippen LogP contribution in [0.3, 0.4) is 0 Å². The molecule has 7 nitrogen and oxygen atoms in total. The molecular formula is C23H32IN5O2. The quantitative estimate of drug-likeness (QED) is 0.308. The minimum Gasteiger partial charge on any atom is -0.467 e. The summed E-state index contributed by atoms with van der Waals surface area (Å²) in [7, 11) is 0. The van der Waals surface area contributed by atoms with Crippen molar-refractivity contribution in [3.8, 4) is 0 Å². The molecule has 2 N–H and O–H groups in total. The second-order valence-electron chi connectivity index (χ2n) is 7.13. The van der Waals surface area contributed by atoms with E-state index in [0.29, 0.717) is 6.54 Å². The van der Waals surface area contributed by atoms with E-state index in [0.717, 1.165) is 51.0 Å². The second kappa shape index (κ2) is 13.9. The van der Waals surface area contributed by atoms with Crippen molar-refractivity contribution in [1.29, 1.82) is 0 Å². The van der Waals surface area contributed by atoms with Gasteiger partial charge in [-0.3, -0.25) is 9.69 Å². The largest absolute Gasteiger partial charge is 0.467 e.